The van der Waals surface area contributed by atoms with E-state index in [2.05, 4.69) is 16.4 Å². The molecule has 1 saturated carbocycles. The molecule has 1 aliphatic carbocycles. The minimum Gasteiger partial charge on any atom is -0.382 e. The van der Waals surface area contributed by atoms with E-state index in [0.717, 1.165) is 23.6 Å². The summed E-state index contributed by atoms with van der Waals surface area (Å²) in [6.07, 6.45) is 5.41. The van der Waals surface area contributed by atoms with Crippen molar-refractivity contribution in [1.29, 1.82) is 5.26 Å². The maximum atomic E-state index is 9.16. The van der Waals surface area contributed by atoms with E-state index in [4.69, 9.17) is 10.00 Å². The van der Waals surface area contributed by atoms with E-state index in [-0.39, 0.29) is 0 Å². The first-order valence-electron chi connectivity index (χ1n) is 6.94. The summed E-state index contributed by atoms with van der Waals surface area (Å²) in [5.74, 6) is 0. The van der Waals surface area contributed by atoms with Gasteiger partial charge in [0.15, 0.2) is 0 Å². The van der Waals surface area contributed by atoms with Crippen LogP contribution in [0.4, 0.5) is 5.69 Å². The lowest BCUT2D eigenvalue weighted by molar-refractivity contribution is 0.0659. The highest BCUT2D eigenvalue weighted by Gasteiger charge is 2.14. The third-order valence-electron chi connectivity index (χ3n) is 3.51. The molecule has 1 N–H and O–H groups in total. The summed E-state index contributed by atoms with van der Waals surface area (Å²) >= 11 is 0. The van der Waals surface area contributed by atoms with Gasteiger partial charge in [-0.2, -0.15) is 5.26 Å². The number of rotatable bonds is 5. The first-order valence-corrected chi connectivity index (χ1v) is 6.94. The van der Waals surface area contributed by atoms with Gasteiger partial charge in [0.05, 0.1) is 29.7 Å². The molecule has 0 aromatic carbocycles. The molecular weight excluding hydrogens is 238 g/mol. The summed E-state index contributed by atoms with van der Waals surface area (Å²) in [4.78, 5) is 4.30. The monoisotopic (exact) mass is 259 g/mol. The highest BCUT2D eigenvalue weighted by Crippen LogP contribution is 2.21. The van der Waals surface area contributed by atoms with Gasteiger partial charge in [0.2, 0.25) is 0 Å². The minimum atomic E-state index is 0.443. The van der Waals surface area contributed by atoms with E-state index in [9.17, 15) is 0 Å². The number of nitrogens with one attached hydrogen (secondary N) is 1. The third kappa shape index (κ3) is 3.68. The van der Waals surface area contributed by atoms with Crippen LogP contribution in [-0.2, 0) is 4.74 Å². The van der Waals surface area contributed by atoms with Crippen LogP contribution in [0.25, 0.3) is 0 Å². The molecule has 0 bridgehead atoms. The van der Waals surface area contributed by atoms with E-state index in [1.807, 2.05) is 19.9 Å². The topological polar surface area (TPSA) is 57.9 Å². The third-order valence-corrected chi connectivity index (χ3v) is 3.51. The van der Waals surface area contributed by atoms with Crippen molar-refractivity contribution in [2.45, 2.75) is 45.6 Å². The van der Waals surface area contributed by atoms with Crippen LogP contribution in [0.15, 0.2) is 6.07 Å². The van der Waals surface area contributed by atoms with Gasteiger partial charge in [-0.15, -0.1) is 0 Å². The quantitative estimate of drug-likeness (QED) is 0.826. The Bertz CT molecular complexity index is 473. The molecule has 4 nitrogen and oxygen atoms in total. The van der Waals surface area contributed by atoms with Crippen LogP contribution in [0, 0.1) is 25.2 Å². The molecule has 1 aliphatic rings. The van der Waals surface area contributed by atoms with E-state index < -0.39 is 0 Å². The van der Waals surface area contributed by atoms with Crippen molar-refractivity contribution < 1.29 is 4.74 Å². The number of hydrogen-bond acceptors (Lipinski definition) is 4. The Morgan fingerprint density at radius 2 is 2.16 bits per heavy atom. The van der Waals surface area contributed by atoms with Gasteiger partial charge in [0, 0.05) is 12.2 Å². The Hall–Kier alpha value is -1.60. The van der Waals surface area contributed by atoms with E-state index in [1.165, 1.54) is 25.7 Å². The minimum absolute atomic E-state index is 0.443. The summed E-state index contributed by atoms with van der Waals surface area (Å²) in [6, 6.07) is 4.13. The summed E-state index contributed by atoms with van der Waals surface area (Å²) in [7, 11) is 0. The maximum Gasteiger partial charge on any atom is 0.103 e. The molecule has 0 atom stereocenters. The average molecular weight is 259 g/mol. The molecule has 4 heteroatoms. The molecule has 2 rings (SSSR count). The molecule has 1 fully saturated rings. The molecular formula is C15H21N3O. The van der Waals surface area contributed by atoms with Gasteiger partial charge >= 0.3 is 0 Å². The van der Waals surface area contributed by atoms with Crippen molar-refractivity contribution in [2.75, 3.05) is 18.5 Å². The Balaban J connectivity index is 1.86. The molecule has 102 valence electrons. The van der Waals surface area contributed by atoms with Crippen molar-refractivity contribution in [3.05, 3.63) is 23.0 Å². The molecule has 0 unspecified atom stereocenters. The van der Waals surface area contributed by atoms with Crippen LogP contribution in [0.1, 0.15) is 42.6 Å². The van der Waals surface area contributed by atoms with Gasteiger partial charge in [-0.1, -0.05) is 12.8 Å². The van der Waals surface area contributed by atoms with Crippen molar-refractivity contribution >= 4 is 5.69 Å². The SMILES string of the molecule is Cc1cc(NCCOC2CCCC2)c(C#N)c(C)n1. The lowest BCUT2D eigenvalue weighted by Gasteiger charge is -2.13. The number of aryl methyl sites for hydroxylation is 2. The molecule has 0 aliphatic heterocycles. The van der Waals surface area contributed by atoms with Gasteiger partial charge in [-0.3, -0.25) is 4.98 Å². The van der Waals surface area contributed by atoms with E-state index in [0.29, 0.717) is 18.3 Å². The van der Waals surface area contributed by atoms with Crippen LogP contribution >= 0.6 is 0 Å². The van der Waals surface area contributed by atoms with Crippen LogP contribution < -0.4 is 5.32 Å². The van der Waals surface area contributed by atoms with Gasteiger partial charge in [0.25, 0.3) is 0 Å². The number of anilines is 1. The van der Waals surface area contributed by atoms with Crippen LogP contribution in [0.3, 0.4) is 0 Å². The molecule has 1 heterocycles. The Kier molecular flexibility index (Phi) is 4.75. The summed E-state index contributed by atoms with van der Waals surface area (Å²) in [6.45, 7) is 5.23. The molecule has 1 aromatic rings. The van der Waals surface area contributed by atoms with E-state index in [1.54, 1.807) is 0 Å². The number of nitriles is 1. The highest BCUT2D eigenvalue weighted by molar-refractivity contribution is 5.59. The normalized spacial score (nSPS) is 15.4. The molecule has 19 heavy (non-hydrogen) atoms. The summed E-state index contributed by atoms with van der Waals surface area (Å²) < 4.78 is 5.80. The Morgan fingerprint density at radius 3 is 2.84 bits per heavy atom. The average Bonchev–Trinajstić information content (AvgIpc) is 2.87. The largest absolute Gasteiger partial charge is 0.382 e. The molecule has 0 saturated heterocycles. The Labute approximate surface area is 114 Å². The van der Waals surface area contributed by atoms with Gasteiger partial charge < -0.3 is 10.1 Å². The molecule has 0 radical (unpaired) electrons. The lowest BCUT2D eigenvalue weighted by atomic mass is 10.1. The van der Waals surface area contributed by atoms with Crippen LogP contribution in [0.5, 0.6) is 0 Å². The van der Waals surface area contributed by atoms with Gasteiger partial charge in [-0.05, 0) is 32.8 Å². The second-order valence-electron chi connectivity index (χ2n) is 5.09. The maximum absolute atomic E-state index is 9.16. The first-order chi connectivity index (χ1) is 9.20. The van der Waals surface area contributed by atoms with Gasteiger partial charge in [0.1, 0.15) is 6.07 Å². The predicted molar refractivity (Wildman–Crippen MR) is 75.1 cm³/mol. The van der Waals surface area contributed by atoms with Crippen LogP contribution in [-0.4, -0.2) is 24.2 Å². The number of pyridine rings is 1. The number of hydrogen-bond donors (Lipinski definition) is 1. The number of nitrogens with zero attached hydrogens (tertiary/aromatic N) is 2. The Morgan fingerprint density at radius 1 is 1.42 bits per heavy atom. The van der Waals surface area contributed by atoms with Crippen molar-refractivity contribution in [1.82, 2.24) is 4.98 Å². The number of aromatic nitrogens is 1. The first kappa shape index (κ1) is 13.8. The predicted octanol–water partition coefficient (Wildman–Crippen LogP) is 2.94. The highest BCUT2D eigenvalue weighted by atomic mass is 16.5. The smallest absolute Gasteiger partial charge is 0.103 e. The summed E-state index contributed by atoms with van der Waals surface area (Å²) in [5, 5.41) is 12.4. The lowest BCUT2D eigenvalue weighted by Crippen LogP contribution is -2.16. The van der Waals surface area contributed by atoms with Crippen LogP contribution in [0.2, 0.25) is 0 Å². The number of ether oxygens (including phenoxy) is 1. The fourth-order valence-electron chi connectivity index (χ4n) is 2.58. The fourth-order valence-corrected chi connectivity index (χ4v) is 2.58. The van der Waals surface area contributed by atoms with Gasteiger partial charge in [-0.25, -0.2) is 0 Å². The van der Waals surface area contributed by atoms with Crippen molar-refractivity contribution in [3.8, 4) is 6.07 Å². The van der Waals surface area contributed by atoms with E-state index >= 15 is 0 Å². The zero-order valence-corrected chi connectivity index (χ0v) is 11.7. The zero-order chi connectivity index (χ0) is 13.7. The fraction of sp³-hybridized carbons (Fsp3) is 0.600. The van der Waals surface area contributed by atoms with Crippen molar-refractivity contribution in [3.63, 3.8) is 0 Å². The second kappa shape index (κ2) is 6.53. The standard InChI is InChI=1S/C15H21N3O/c1-11-9-15(14(10-16)12(2)18-11)17-7-8-19-13-5-3-4-6-13/h9,13H,3-8H2,1-2H3,(H,17,18). The van der Waals surface area contributed by atoms with Crippen molar-refractivity contribution in [2.24, 2.45) is 0 Å². The molecule has 0 spiro atoms. The second-order valence-corrected chi connectivity index (χ2v) is 5.09. The molecule has 0 amide bonds. The zero-order valence-electron chi connectivity index (χ0n) is 11.7. The summed E-state index contributed by atoms with van der Waals surface area (Å²) in [5.41, 5.74) is 3.20. The molecule has 1 aromatic heterocycles.